The SMILES string of the molecule is COc1cc(C)c(C)cc1S(=O)(=O)Nc1ccc2nc(C(C)C)oc2c1. The summed E-state index contributed by atoms with van der Waals surface area (Å²) in [6, 6.07) is 8.37. The van der Waals surface area contributed by atoms with Crippen molar-refractivity contribution in [3.8, 4) is 5.75 Å². The molecule has 7 heteroatoms. The molecule has 0 radical (unpaired) electrons. The van der Waals surface area contributed by atoms with Crippen molar-refractivity contribution in [1.82, 2.24) is 4.98 Å². The molecule has 6 nitrogen and oxygen atoms in total. The van der Waals surface area contributed by atoms with Gasteiger partial charge in [0.05, 0.1) is 12.8 Å². The fraction of sp³-hybridized carbons (Fsp3) is 0.316. The van der Waals surface area contributed by atoms with Crippen molar-refractivity contribution < 1.29 is 17.6 Å². The minimum atomic E-state index is -3.81. The molecular weight excluding hydrogens is 352 g/mol. The maximum Gasteiger partial charge on any atom is 0.265 e. The molecule has 0 atom stereocenters. The Balaban J connectivity index is 1.99. The summed E-state index contributed by atoms with van der Waals surface area (Å²) in [5.74, 6) is 1.08. The van der Waals surface area contributed by atoms with E-state index in [4.69, 9.17) is 9.15 Å². The monoisotopic (exact) mass is 374 g/mol. The molecule has 1 heterocycles. The maximum absolute atomic E-state index is 12.9. The van der Waals surface area contributed by atoms with Crippen LogP contribution in [0.2, 0.25) is 0 Å². The van der Waals surface area contributed by atoms with E-state index in [9.17, 15) is 8.42 Å². The average Bonchev–Trinajstić information content (AvgIpc) is 3.00. The Bertz CT molecular complexity index is 1070. The summed E-state index contributed by atoms with van der Waals surface area (Å²) in [6.45, 7) is 7.74. The summed E-state index contributed by atoms with van der Waals surface area (Å²) < 4.78 is 39.3. The molecule has 0 aliphatic heterocycles. The number of hydrogen-bond acceptors (Lipinski definition) is 5. The molecule has 0 saturated heterocycles. The highest BCUT2D eigenvalue weighted by Crippen LogP contribution is 2.30. The lowest BCUT2D eigenvalue weighted by Gasteiger charge is -2.13. The van der Waals surface area contributed by atoms with Crippen molar-refractivity contribution in [2.24, 2.45) is 0 Å². The highest BCUT2D eigenvalue weighted by Gasteiger charge is 2.21. The van der Waals surface area contributed by atoms with E-state index in [2.05, 4.69) is 9.71 Å². The predicted molar refractivity (Wildman–Crippen MR) is 101 cm³/mol. The Morgan fingerprint density at radius 3 is 2.46 bits per heavy atom. The number of fused-ring (bicyclic) bond motifs is 1. The first kappa shape index (κ1) is 18.3. The molecule has 0 amide bonds. The van der Waals surface area contributed by atoms with E-state index in [1.54, 1.807) is 30.3 Å². The van der Waals surface area contributed by atoms with Crippen LogP contribution in [0.1, 0.15) is 36.8 Å². The molecule has 0 spiro atoms. The van der Waals surface area contributed by atoms with E-state index < -0.39 is 10.0 Å². The third kappa shape index (κ3) is 3.39. The maximum atomic E-state index is 12.9. The lowest BCUT2D eigenvalue weighted by atomic mass is 10.1. The number of aryl methyl sites for hydroxylation is 2. The van der Waals surface area contributed by atoms with Crippen LogP contribution in [0.5, 0.6) is 5.75 Å². The number of ether oxygens (including phenoxy) is 1. The molecule has 3 rings (SSSR count). The number of anilines is 1. The zero-order valence-corrected chi connectivity index (χ0v) is 16.3. The van der Waals surface area contributed by atoms with Crippen LogP contribution in [-0.4, -0.2) is 20.5 Å². The number of rotatable bonds is 5. The molecule has 1 N–H and O–H groups in total. The number of nitrogens with zero attached hydrogens (tertiary/aromatic N) is 1. The lowest BCUT2D eigenvalue weighted by Crippen LogP contribution is -2.14. The molecule has 0 unspecified atom stereocenters. The van der Waals surface area contributed by atoms with Crippen LogP contribution in [0.15, 0.2) is 39.6 Å². The minimum Gasteiger partial charge on any atom is -0.495 e. The van der Waals surface area contributed by atoms with Crippen molar-refractivity contribution in [3.63, 3.8) is 0 Å². The molecule has 3 aromatic rings. The number of sulfonamides is 1. The molecule has 0 bridgehead atoms. The second-order valence-corrected chi connectivity index (χ2v) is 8.23. The Morgan fingerprint density at radius 2 is 1.81 bits per heavy atom. The van der Waals surface area contributed by atoms with Gasteiger partial charge in [0.15, 0.2) is 11.5 Å². The lowest BCUT2D eigenvalue weighted by molar-refractivity contribution is 0.402. The fourth-order valence-corrected chi connectivity index (χ4v) is 3.88. The van der Waals surface area contributed by atoms with Crippen LogP contribution >= 0.6 is 0 Å². The Hall–Kier alpha value is -2.54. The van der Waals surface area contributed by atoms with Gasteiger partial charge in [0.25, 0.3) is 10.0 Å². The van der Waals surface area contributed by atoms with E-state index in [1.807, 2.05) is 27.7 Å². The molecule has 2 aromatic carbocycles. The largest absolute Gasteiger partial charge is 0.495 e. The van der Waals surface area contributed by atoms with Gasteiger partial charge in [-0.1, -0.05) is 13.8 Å². The number of aromatic nitrogens is 1. The van der Waals surface area contributed by atoms with E-state index in [-0.39, 0.29) is 10.8 Å². The van der Waals surface area contributed by atoms with Crippen LogP contribution in [-0.2, 0) is 10.0 Å². The van der Waals surface area contributed by atoms with Crippen molar-refractivity contribution >= 4 is 26.8 Å². The summed E-state index contributed by atoms with van der Waals surface area (Å²) in [6.07, 6.45) is 0. The Morgan fingerprint density at radius 1 is 1.12 bits per heavy atom. The molecule has 1 aromatic heterocycles. The molecule has 0 fully saturated rings. The minimum absolute atomic E-state index is 0.101. The smallest absolute Gasteiger partial charge is 0.265 e. The molecule has 0 saturated carbocycles. The van der Waals surface area contributed by atoms with Crippen molar-refractivity contribution in [2.75, 3.05) is 11.8 Å². The van der Waals surface area contributed by atoms with Gasteiger partial charge in [0.1, 0.15) is 16.2 Å². The fourth-order valence-electron chi connectivity index (χ4n) is 2.60. The second-order valence-electron chi connectivity index (χ2n) is 6.58. The molecule has 0 aliphatic carbocycles. The van der Waals surface area contributed by atoms with E-state index in [0.717, 1.165) is 11.1 Å². The number of nitrogens with one attached hydrogen (secondary N) is 1. The third-order valence-corrected chi connectivity index (χ3v) is 5.62. The van der Waals surface area contributed by atoms with Gasteiger partial charge in [-0.2, -0.15) is 0 Å². The number of benzene rings is 2. The molecular formula is C19H22N2O4S. The van der Waals surface area contributed by atoms with Crippen molar-refractivity contribution in [2.45, 2.75) is 38.5 Å². The van der Waals surface area contributed by atoms with E-state index >= 15 is 0 Å². The highest BCUT2D eigenvalue weighted by atomic mass is 32.2. The average molecular weight is 374 g/mol. The van der Waals surface area contributed by atoms with Gasteiger partial charge in [-0.15, -0.1) is 0 Å². The predicted octanol–water partition coefficient (Wildman–Crippen LogP) is 4.38. The summed E-state index contributed by atoms with van der Waals surface area (Å²) >= 11 is 0. The Labute approximate surface area is 153 Å². The zero-order valence-electron chi connectivity index (χ0n) is 15.5. The highest BCUT2D eigenvalue weighted by molar-refractivity contribution is 7.92. The van der Waals surface area contributed by atoms with E-state index in [1.165, 1.54) is 7.11 Å². The van der Waals surface area contributed by atoms with Crippen LogP contribution in [0.25, 0.3) is 11.1 Å². The molecule has 26 heavy (non-hydrogen) atoms. The number of oxazole rings is 1. The van der Waals surface area contributed by atoms with Crippen LogP contribution < -0.4 is 9.46 Å². The van der Waals surface area contributed by atoms with E-state index in [0.29, 0.717) is 28.4 Å². The van der Waals surface area contributed by atoms with Gasteiger partial charge >= 0.3 is 0 Å². The number of methoxy groups -OCH3 is 1. The summed E-state index contributed by atoms with van der Waals surface area (Å²) in [7, 11) is -2.36. The summed E-state index contributed by atoms with van der Waals surface area (Å²) in [4.78, 5) is 4.49. The first-order valence-corrected chi connectivity index (χ1v) is 9.78. The summed E-state index contributed by atoms with van der Waals surface area (Å²) in [5.41, 5.74) is 3.48. The second kappa shape index (κ2) is 6.64. The van der Waals surface area contributed by atoms with Crippen molar-refractivity contribution in [3.05, 3.63) is 47.3 Å². The van der Waals surface area contributed by atoms with Gasteiger partial charge in [0, 0.05) is 12.0 Å². The zero-order chi connectivity index (χ0) is 19.1. The van der Waals surface area contributed by atoms with Crippen LogP contribution in [0.4, 0.5) is 5.69 Å². The third-order valence-electron chi connectivity index (χ3n) is 4.22. The molecule has 138 valence electrons. The summed E-state index contributed by atoms with van der Waals surface area (Å²) in [5, 5.41) is 0. The van der Waals surface area contributed by atoms with Gasteiger partial charge in [-0.05, 0) is 49.2 Å². The first-order valence-electron chi connectivity index (χ1n) is 8.30. The number of hydrogen-bond donors (Lipinski definition) is 1. The van der Waals surface area contributed by atoms with Crippen molar-refractivity contribution in [1.29, 1.82) is 0 Å². The quantitative estimate of drug-likeness (QED) is 0.717. The van der Waals surface area contributed by atoms with Gasteiger partial charge < -0.3 is 9.15 Å². The topological polar surface area (TPSA) is 81.4 Å². The van der Waals surface area contributed by atoms with Crippen LogP contribution in [0, 0.1) is 13.8 Å². The standard InChI is InChI=1S/C19H22N2O4S/c1-11(2)19-20-15-7-6-14(10-16(15)25-19)21-26(22,23)18-9-13(4)12(3)8-17(18)24-5/h6-11,21H,1-5H3. The van der Waals surface area contributed by atoms with Crippen LogP contribution in [0.3, 0.4) is 0 Å². The van der Waals surface area contributed by atoms with Gasteiger partial charge in [-0.3, -0.25) is 4.72 Å². The van der Waals surface area contributed by atoms with Gasteiger partial charge in [0.2, 0.25) is 0 Å². The molecule has 0 aliphatic rings. The first-order chi connectivity index (χ1) is 12.2. The Kier molecular flexibility index (Phi) is 4.66. The van der Waals surface area contributed by atoms with Gasteiger partial charge in [-0.25, -0.2) is 13.4 Å². The normalized spacial score (nSPS) is 11.9.